The lowest BCUT2D eigenvalue weighted by atomic mass is 9.77. The fraction of sp³-hybridized carbons (Fsp3) is 0.800. The molecule has 1 heteroatoms. The first-order valence-corrected chi connectivity index (χ1v) is 4.35. The summed E-state index contributed by atoms with van der Waals surface area (Å²) in [5.74, 6) is 6.08. The van der Waals surface area contributed by atoms with Gasteiger partial charge < -0.3 is 5.11 Å². The van der Waals surface area contributed by atoms with E-state index in [9.17, 15) is 5.11 Å². The van der Waals surface area contributed by atoms with Gasteiger partial charge in [-0.1, -0.05) is 19.3 Å². The van der Waals surface area contributed by atoms with E-state index >= 15 is 0 Å². The van der Waals surface area contributed by atoms with Crippen molar-refractivity contribution in [2.45, 2.75) is 45.1 Å². The second-order valence-electron chi connectivity index (χ2n) is 3.45. The van der Waals surface area contributed by atoms with Gasteiger partial charge in [0.05, 0.1) is 0 Å². The van der Waals surface area contributed by atoms with Crippen molar-refractivity contribution >= 4 is 0 Å². The summed E-state index contributed by atoms with van der Waals surface area (Å²) in [6.45, 7) is 3.88. The first-order valence-electron chi connectivity index (χ1n) is 4.35. The molecule has 62 valence electrons. The van der Waals surface area contributed by atoms with Crippen molar-refractivity contribution in [3.63, 3.8) is 0 Å². The molecule has 1 fully saturated rings. The van der Waals surface area contributed by atoms with Gasteiger partial charge in [-0.3, -0.25) is 0 Å². The largest absolute Gasteiger partial charge is 0.377 e. The molecule has 1 rings (SSSR count). The second-order valence-corrected chi connectivity index (χ2v) is 3.45. The van der Waals surface area contributed by atoms with E-state index in [1.165, 1.54) is 6.42 Å². The van der Waals surface area contributed by atoms with Gasteiger partial charge in [0.1, 0.15) is 5.60 Å². The molecule has 0 bridgehead atoms. The predicted molar refractivity (Wildman–Crippen MR) is 46.0 cm³/mol. The standard InChI is InChI=1S/C10H16O/c1-3-7-10(11)8-5-4-6-9(10)2/h9,11H,4-6,8H2,1-2H3. The molecule has 2 atom stereocenters. The van der Waals surface area contributed by atoms with E-state index in [1.807, 2.05) is 0 Å². The van der Waals surface area contributed by atoms with Crippen LogP contribution in [-0.4, -0.2) is 10.7 Å². The van der Waals surface area contributed by atoms with Crippen molar-refractivity contribution in [2.75, 3.05) is 0 Å². The number of rotatable bonds is 0. The molecule has 0 amide bonds. The van der Waals surface area contributed by atoms with Crippen LogP contribution in [0.15, 0.2) is 0 Å². The number of hydrogen-bond donors (Lipinski definition) is 1. The molecule has 0 aromatic carbocycles. The normalized spacial score (nSPS) is 37.5. The van der Waals surface area contributed by atoms with Crippen molar-refractivity contribution in [3.05, 3.63) is 0 Å². The Kier molecular flexibility index (Phi) is 2.57. The van der Waals surface area contributed by atoms with Crippen LogP contribution in [0.2, 0.25) is 0 Å². The smallest absolute Gasteiger partial charge is 0.128 e. The van der Waals surface area contributed by atoms with E-state index in [-0.39, 0.29) is 0 Å². The lowest BCUT2D eigenvalue weighted by Gasteiger charge is -2.33. The van der Waals surface area contributed by atoms with Crippen LogP contribution in [0.5, 0.6) is 0 Å². The predicted octanol–water partition coefficient (Wildman–Crippen LogP) is 1.95. The van der Waals surface area contributed by atoms with Gasteiger partial charge in [0.25, 0.3) is 0 Å². The van der Waals surface area contributed by atoms with Gasteiger partial charge in [-0.2, -0.15) is 0 Å². The zero-order chi connectivity index (χ0) is 8.32. The first kappa shape index (κ1) is 8.62. The highest BCUT2D eigenvalue weighted by molar-refractivity contribution is 5.15. The van der Waals surface area contributed by atoms with Crippen LogP contribution < -0.4 is 0 Å². The Balaban J connectivity index is 2.69. The quantitative estimate of drug-likeness (QED) is 0.526. The van der Waals surface area contributed by atoms with Gasteiger partial charge in [-0.05, 0) is 32.1 Å². The number of aliphatic hydroxyl groups is 1. The Morgan fingerprint density at radius 1 is 1.45 bits per heavy atom. The third kappa shape index (κ3) is 1.75. The zero-order valence-corrected chi connectivity index (χ0v) is 7.35. The molecule has 0 radical (unpaired) electrons. The summed E-state index contributed by atoms with van der Waals surface area (Å²) in [6.07, 6.45) is 4.34. The van der Waals surface area contributed by atoms with Gasteiger partial charge in [-0.25, -0.2) is 0 Å². The first-order chi connectivity index (χ1) is 5.19. The summed E-state index contributed by atoms with van der Waals surface area (Å²) in [5, 5.41) is 9.97. The van der Waals surface area contributed by atoms with Crippen molar-refractivity contribution in [3.8, 4) is 11.8 Å². The maximum atomic E-state index is 9.97. The van der Waals surface area contributed by atoms with E-state index in [0.717, 1.165) is 19.3 Å². The molecule has 2 unspecified atom stereocenters. The third-order valence-corrected chi connectivity index (χ3v) is 2.60. The molecule has 1 N–H and O–H groups in total. The van der Waals surface area contributed by atoms with Crippen LogP contribution >= 0.6 is 0 Å². The molecular weight excluding hydrogens is 136 g/mol. The lowest BCUT2D eigenvalue weighted by molar-refractivity contribution is 0.0126. The minimum atomic E-state index is -0.674. The van der Waals surface area contributed by atoms with Crippen LogP contribution in [0.1, 0.15) is 39.5 Å². The third-order valence-electron chi connectivity index (χ3n) is 2.60. The van der Waals surface area contributed by atoms with Crippen molar-refractivity contribution in [2.24, 2.45) is 5.92 Å². The summed E-state index contributed by atoms with van der Waals surface area (Å²) in [6, 6.07) is 0. The van der Waals surface area contributed by atoms with E-state index in [4.69, 9.17) is 0 Å². The Morgan fingerprint density at radius 3 is 2.73 bits per heavy atom. The summed E-state index contributed by atoms with van der Waals surface area (Å²) in [5.41, 5.74) is -0.674. The van der Waals surface area contributed by atoms with Crippen LogP contribution in [0.25, 0.3) is 0 Å². The van der Waals surface area contributed by atoms with Crippen molar-refractivity contribution in [1.82, 2.24) is 0 Å². The van der Waals surface area contributed by atoms with Crippen molar-refractivity contribution < 1.29 is 5.11 Å². The average molecular weight is 152 g/mol. The summed E-state index contributed by atoms with van der Waals surface area (Å²) >= 11 is 0. The molecule has 0 aliphatic heterocycles. The van der Waals surface area contributed by atoms with E-state index in [2.05, 4.69) is 18.8 Å². The molecule has 11 heavy (non-hydrogen) atoms. The highest BCUT2D eigenvalue weighted by Crippen LogP contribution is 2.32. The minimum absolute atomic E-state index is 0.351. The average Bonchev–Trinajstić information content (AvgIpc) is 1.96. The molecule has 1 aliphatic carbocycles. The van der Waals surface area contributed by atoms with Gasteiger partial charge in [0.15, 0.2) is 0 Å². The van der Waals surface area contributed by atoms with Gasteiger partial charge in [0, 0.05) is 0 Å². The Labute approximate surface area is 68.8 Å². The Hall–Kier alpha value is -0.480. The zero-order valence-electron chi connectivity index (χ0n) is 7.35. The molecule has 1 saturated carbocycles. The van der Waals surface area contributed by atoms with E-state index in [1.54, 1.807) is 6.92 Å². The molecule has 0 spiro atoms. The maximum Gasteiger partial charge on any atom is 0.128 e. The molecule has 0 aromatic heterocycles. The maximum absolute atomic E-state index is 9.97. The highest BCUT2D eigenvalue weighted by atomic mass is 16.3. The molecular formula is C10H16O. The van der Waals surface area contributed by atoms with E-state index < -0.39 is 5.60 Å². The summed E-state index contributed by atoms with van der Waals surface area (Å²) in [4.78, 5) is 0. The topological polar surface area (TPSA) is 20.2 Å². The fourth-order valence-electron chi connectivity index (χ4n) is 1.73. The number of hydrogen-bond acceptors (Lipinski definition) is 1. The molecule has 0 saturated heterocycles. The second kappa shape index (κ2) is 3.28. The summed E-state index contributed by atoms with van der Waals surface area (Å²) < 4.78 is 0. The molecule has 1 aliphatic rings. The van der Waals surface area contributed by atoms with Crippen LogP contribution in [0, 0.1) is 17.8 Å². The Bertz CT molecular complexity index is 187. The minimum Gasteiger partial charge on any atom is -0.377 e. The highest BCUT2D eigenvalue weighted by Gasteiger charge is 2.33. The van der Waals surface area contributed by atoms with Crippen LogP contribution in [-0.2, 0) is 0 Å². The van der Waals surface area contributed by atoms with Gasteiger partial charge in [0.2, 0.25) is 0 Å². The van der Waals surface area contributed by atoms with Crippen LogP contribution in [0.3, 0.4) is 0 Å². The lowest BCUT2D eigenvalue weighted by Crippen LogP contribution is -2.37. The molecule has 0 aromatic rings. The summed E-state index contributed by atoms with van der Waals surface area (Å²) in [7, 11) is 0. The van der Waals surface area contributed by atoms with Crippen molar-refractivity contribution in [1.29, 1.82) is 0 Å². The van der Waals surface area contributed by atoms with Crippen LogP contribution in [0.4, 0.5) is 0 Å². The molecule has 0 heterocycles. The van der Waals surface area contributed by atoms with Gasteiger partial charge in [-0.15, -0.1) is 5.92 Å². The van der Waals surface area contributed by atoms with E-state index in [0.29, 0.717) is 5.92 Å². The monoisotopic (exact) mass is 152 g/mol. The Morgan fingerprint density at radius 2 is 2.18 bits per heavy atom. The SMILES string of the molecule is CC#CC1(O)CCCCC1C. The van der Waals surface area contributed by atoms with Gasteiger partial charge >= 0.3 is 0 Å². The fourth-order valence-corrected chi connectivity index (χ4v) is 1.73. The molecule has 1 nitrogen and oxygen atoms in total.